The molecule has 3 aromatic rings. The number of hydrogen-bond acceptors (Lipinski definition) is 3. The van der Waals surface area contributed by atoms with Crippen LogP contribution < -0.4 is 0 Å². The van der Waals surface area contributed by atoms with Crippen molar-refractivity contribution in [3.63, 3.8) is 0 Å². The second-order valence-electron chi connectivity index (χ2n) is 4.22. The van der Waals surface area contributed by atoms with Gasteiger partial charge in [0.05, 0.1) is 17.8 Å². The number of aliphatic hydroxyl groups is 1. The molecular weight excluding hydrogens is 304 g/mol. The SMILES string of the molecule is OCc1ccc(-c2ccnc3ccc(Br)cc23)cn1. The molecule has 0 spiro atoms. The number of hydrogen-bond donors (Lipinski definition) is 1. The molecule has 3 nitrogen and oxygen atoms in total. The second-order valence-corrected chi connectivity index (χ2v) is 5.13. The fraction of sp³-hybridized carbons (Fsp3) is 0.0667. The molecule has 0 saturated heterocycles. The lowest BCUT2D eigenvalue weighted by Gasteiger charge is -2.07. The Morgan fingerprint density at radius 1 is 1.05 bits per heavy atom. The van der Waals surface area contributed by atoms with Gasteiger partial charge in [-0.2, -0.15) is 0 Å². The van der Waals surface area contributed by atoms with E-state index < -0.39 is 0 Å². The molecule has 2 heterocycles. The Kier molecular flexibility index (Phi) is 3.27. The summed E-state index contributed by atoms with van der Waals surface area (Å²) >= 11 is 3.49. The summed E-state index contributed by atoms with van der Waals surface area (Å²) in [6.07, 6.45) is 3.58. The van der Waals surface area contributed by atoms with Crippen molar-refractivity contribution in [2.45, 2.75) is 6.61 Å². The van der Waals surface area contributed by atoms with Gasteiger partial charge in [-0.25, -0.2) is 0 Å². The number of halogens is 1. The molecule has 0 radical (unpaired) electrons. The lowest BCUT2D eigenvalue weighted by molar-refractivity contribution is 0.277. The van der Waals surface area contributed by atoms with E-state index in [1.807, 2.05) is 30.3 Å². The molecule has 1 N–H and O–H groups in total. The van der Waals surface area contributed by atoms with Crippen LogP contribution in [0, 0.1) is 0 Å². The molecule has 3 rings (SSSR count). The third-order valence-electron chi connectivity index (χ3n) is 3.00. The van der Waals surface area contributed by atoms with Crippen LogP contribution in [-0.4, -0.2) is 15.1 Å². The van der Waals surface area contributed by atoms with Gasteiger partial charge in [-0.15, -0.1) is 0 Å². The third-order valence-corrected chi connectivity index (χ3v) is 3.49. The van der Waals surface area contributed by atoms with E-state index >= 15 is 0 Å². The number of aromatic nitrogens is 2. The molecule has 0 saturated carbocycles. The first-order valence-electron chi connectivity index (χ1n) is 5.88. The van der Waals surface area contributed by atoms with Gasteiger partial charge in [0, 0.05) is 27.8 Å². The van der Waals surface area contributed by atoms with Crippen LogP contribution in [0.25, 0.3) is 22.0 Å². The summed E-state index contributed by atoms with van der Waals surface area (Å²) in [7, 11) is 0. The highest BCUT2D eigenvalue weighted by Gasteiger charge is 2.05. The van der Waals surface area contributed by atoms with E-state index in [0.717, 1.165) is 26.5 Å². The van der Waals surface area contributed by atoms with Crippen molar-refractivity contribution in [2.24, 2.45) is 0 Å². The van der Waals surface area contributed by atoms with Crippen molar-refractivity contribution < 1.29 is 5.11 Å². The van der Waals surface area contributed by atoms with Crippen LogP contribution in [0.15, 0.2) is 53.3 Å². The fourth-order valence-corrected chi connectivity index (χ4v) is 2.41. The Morgan fingerprint density at radius 2 is 1.95 bits per heavy atom. The van der Waals surface area contributed by atoms with E-state index in [-0.39, 0.29) is 6.61 Å². The predicted octanol–water partition coefficient (Wildman–Crippen LogP) is 3.55. The molecule has 0 fully saturated rings. The van der Waals surface area contributed by atoms with Gasteiger partial charge in [0.25, 0.3) is 0 Å². The van der Waals surface area contributed by atoms with Gasteiger partial charge in [-0.3, -0.25) is 9.97 Å². The van der Waals surface area contributed by atoms with E-state index in [0.29, 0.717) is 5.69 Å². The zero-order valence-electron chi connectivity index (χ0n) is 10.0. The van der Waals surface area contributed by atoms with Gasteiger partial charge < -0.3 is 5.11 Å². The Hall–Kier alpha value is -1.78. The van der Waals surface area contributed by atoms with Crippen LogP contribution in [0.1, 0.15) is 5.69 Å². The molecule has 0 aliphatic carbocycles. The molecule has 1 aromatic carbocycles. The van der Waals surface area contributed by atoms with Crippen molar-refractivity contribution in [2.75, 3.05) is 0 Å². The summed E-state index contributed by atoms with van der Waals surface area (Å²) in [6.45, 7) is -0.0388. The monoisotopic (exact) mass is 314 g/mol. The van der Waals surface area contributed by atoms with Crippen LogP contribution >= 0.6 is 15.9 Å². The summed E-state index contributed by atoms with van der Waals surface area (Å²) in [4.78, 5) is 8.58. The maximum atomic E-state index is 9.03. The van der Waals surface area contributed by atoms with E-state index in [1.54, 1.807) is 12.4 Å². The number of nitrogens with zero attached hydrogens (tertiary/aromatic N) is 2. The van der Waals surface area contributed by atoms with Gasteiger partial charge in [-0.1, -0.05) is 22.0 Å². The lowest BCUT2D eigenvalue weighted by Crippen LogP contribution is -1.90. The van der Waals surface area contributed by atoms with Crippen molar-refractivity contribution in [1.29, 1.82) is 0 Å². The number of pyridine rings is 2. The van der Waals surface area contributed by atoms with E-state index in [1.165, 1.54) is 0 Å². The van der Waals surface area contributed by atoms with Crippen LogP contribution in [0.2, 0.25) is 0 Å². The minimum absolute atomic E-state index is 0.0388. The Bertz CT molecular complexity index is 726. The Morgan fingerprint density at radius 3 is 2.68 bits per heavy atom. The third kappa shape index (κ3) is 2.37. The zero-order valence-corrected chi connectivity index (χ0v) is 11.6. The van der Waals surface area contributed by atoms with Crippen LogP contribution in [0.3, 0.4) is 0 Å². The first-order valence-corrected chi connectivity index (χ1v) is 6.67. The number of benzene rings is 1. The van der Waals surface area contributed by atoms with Crippen molar-refractivity contribution in [1.82, 2.24) is 9.97 Å². The standard InChI is InChI=1S/C15H11BrN2O/c16-11-2-4-15-14(7-11)13(5-6-17-15)10-1-3-12(9-19)18-8-10/h1-8,19H,9H2. The maximum absolute atomic E-state index is 9.03. The number of rotatable bonds is 2. The molecule has 4 heteroatoms. The normalized spacial score (nSPS) is 10.8. The second kappa shape index (κ2) is 5.07. The zero-order chi connectivity index (χ0) is 13.2. The average Bonchev–Trinajstić information content (AvgIpc) is 2.47. The highest BCUT2D eigenvalue weighted by Crippen LogP contribution is 2.29. The molecule has 0 atom stereocenters. The molecule has 19 heavy (non-hydrogen) atoms. The summed E-state index contributed by atoms with van der Waals surface area (Å²) in [5.41, 5.74) is 3.72. The van der Waals surface area contributed by atoms with Crippen molar-refractivity contribution >= 4 is 26.8 Å². The highest BCUT2D eigenvalue weighted by atomic mass is 79.9. The molecule has 0 unspecified atom stereocenters. The van der Waals surface area contributed by atoms with E-state index in [2.05, 4.69) is 32.0 Å². The van der Waals surface area contributed by atoms with Gasteiger partial charge in [0.15, 0.2) is 0 Å². The van der Waals surface area contributed by atoms with E-state index in [9.17, 15) is 0 Å². The first kappa shape index (κ1) is 12.3. The van der Waals surface area contributed by atoms with Gasteiger partial charge in [-0.05, 0) is 35.9 Å². The van der Waals surface area contributed by atoms with Crippen LogP contribution in [0.5, 0.6) is 0 Å². The summed E-state index contributed by atoms with van der Waals surface area (Å²) in [5.74, 6) is 0. The topological polar surface area (TPSA) is 46.0 Å². The summed E-state index contributed by atoms with van der Waals surface area (Å²) in [5, 5.41) is 10.1. The van der Waals surface area contributed by atoms with Crippen LogP contribution in [-0.2, 0) is 6.61 Å². The Labute approximate surface area is 119 Å². The van der Waals surface area contributed by atoms with Gasteiger partial charge >= 0.3 is 0 Å². The number of aliphatic hydroxyl groups excluding tert-OH is 1. The molecule has 94 valence electrons. The minimum Gasteiger partial charge on any atom is -0.390 e. The van der Waals surface area contributed by atoms with Gasteiger partial charge in [0.1, 0.15) is 0 Å². The maximum Gasteiger partial charge on any atom is 0.0852 e. The highest BCUT2D eigenvalue weighted by molar-refractivity contribution is 9.10. The predicted molar refractivity (Wildman–Crippen MR) is 78.6 cm³/mol. The molecule has 0 amide bonds. The fourth-order valence-electron chi connectivity index (χ4n) is 2.05. The van der Waals surface area contributed by atoms with Gasteiger partial charge in [0.2, 0.25) is 0 Å². The molecular formula is C15H11BrN2O. The minimum atomic E-state index is -0.0388. The smallest absolute Gasteiger partial charge is 0.0852 e. The molecule has 2 aromatic heterocycles. The molecule has 0 aliphatic heterocycles. The lowest BCUT2D eigenvalue weighted by atomic mass is 10.0. The largest absolute Gasteiger partial charge is 0.390 e. The number of fused-ring (bicyclic) bond motifs is 1. The van der Waals surface area contributed by atoms with E-state index in [4.69, 9.17) is 5.11 Å². The van der Waals surface area contributed by atoms with Crippen molar-refractivity contribution in [3.8, 4) is 11.1 Å². The van der Waals surface area contributed by atoms with Crippen LogP contribution in [0.4, 0.5) is 0 Å². The Balaban J connectivity index is 2.20. The first-order chi connectivity index (χ1) is 9.28. The summed E-state index contributed by atoms with van der Waals surface area (Å²) < 4.78 is 1.02. The summed E-state index contributed by atoms with van der Waals surface area (Å²) in [6, 6.07) is 11.8. The molecule has 0 bridgehead atoms. The quantitative estimate of drug-likeness (QED) is 0.786. The van der Waals surface area contributed by atoms with Crippen molar-refractivity contribution in [3.05, 3.63) is 59.0 Å². The average molecular weight is 315 g/mol. The molecule has 0 aliphatic rings.